The molecule has 1 amide bonds. The lowest BCUT2D eigenvalue weighted by molar-refractivity contribution is 0.103. The highest BCUT2D eigenvalue weighted by Gasteiger charge is 2.25. The van der Waals surface area contributed by atoms with Crippen LogP contribution in [0.25, 0.3) is 21.3 Å². The molecule has 4 aromatic rings. The van der Waals surface area contributed by atoms with Crippen molar-refractivity contribution in [1.82, 2.24) is 9.97 Å². The van der Waals surface area contributed by atoms with Gasteiger partial charge in [-0.05, 0) is 49.3 Å². The highest BCUT2D eigenvalue weighted by Crippen LogP contribution is 2.43. The Kier molecular flexibility index (Phi) is 5.00. The standard InChI is InChI=1S/C23H22N4OS2/c1-13-7-9-14(10-8-13)17-15-5-3-2-4-6-16(15)26-22-18(17)19(24)20(30-22)21(28)27-23-25-11-12-29-23/h7-12H,2-6,24H2,1H3,(H,25,27,28). The molecule has 0 radical (unpaired) electrons. The van der Waals surface area contributed by atoms with Gasteiger partial charge in [-0.3, -0.25) is 10.1 Å². The smallest absolute Gasteiger partial charge is 0.269 e. The van der Waals surface area contributed by atoms with Gasteiger partial charge in [0, 0.05) is 22.7 Å². The number of hydrogen-bond donors (Lipinski definition) is 2. The molecule has 0 saturated heterocycles. The molecule has 1 aliphatic carbocycles. The average molecular weight is 435 g/mol. The van der Waals surface area contributed by atoms with Crippen LogP contribution in [0.1, 0.15) is 45.8 Å². The second kappa shape index (κ2) is 7.81. The Labute approximate surface area is 183 Å². The van der Waals surface area contributed by atoms with E-state index in [9.17, 15) is 4.79 Å². The normalized spacial score (nSPS) is 13.8. The van der Waals surface area contributed by atoms with E-state index in [1.807, 2.05) is 5.38 Å². The van der Waals surface area contributed by atoms with E-state index in [4.69, 9.17) is 10.7 Å². The first kappa shape index (κ1) is 19.2. The van der Waals surface area contributed by atoms with Crippen LogP contribution in [0.5, 0.6) is 0 Å². The lowest BCUT2D eigenvalue weighted by Crippen LogP contribution is -2.11. The maximum absolute atomic E-state index is 12.9. The van der Waals surface area contributed by atoms with E-state index in [1.54, 1.807) is 6.20 Å². The van der Waals surface area contributed by atoms with Crippen molar-refractivity contribution in [3.63, 3.8) is 0 Å². The van der Waals surface area contributed by atoms with Crippen LogP contribution in [0.3, 0.4) is 0 Å². The number of anilines is 2. The number of aromatic nitrogens is 2. The van der Waals surface area contributed by atoms with Crippen molar-refractivity contribution in [2.75, 3.05) is 11.1 Å². The van der Waals surface area contributed by atoms with Crippen LogP contribution in [0.4, 0.5) is 10.8 Å². The molecule has 0 saturated carbocycles. The van der Waals surface area contributed by atoms with E-state index in [0.29, 0.717) is 15.7 Å². The SMILES string of the molecule is Cc1ccc(-c2c3c(nc4sc(C(=O)Nc5nccs5)c(N)c24)CCCCC3)cc1. The van der Waals surface area contributed by atoms with Gasteiger partial charge in [0.25, 0.3) is 5.91 Å². The van der Waals surface area contributed by atoms with Gasteiger partial charge in [0.05, 0.1) is 5.69 Å². The zero-order valence-electron chi connectivity index (χ0n) is 16.7. The number of amides is 1. The van der Waals surface area contributed by atoms with E-state index in [-0.39, 0.29) is 5.91 Å². The Hall–Kier alpha value is -2.77. The summed E-state index contributed by atoms with van der Waals surface area (Å²) in [7, 11) is 0. The fraction of sp³-hybridized carbons (Fsp3) is 0.261. The second-order valence-electron chi connectivity index (χ2n) is 7.66. The van der Waals surface area contributed by atoms with Crippen LogP contribution in [0.2, 0.25) is 0 Å². The van der Waals surface area contributed by atoms with Gasteiger partial charge < -0.3 is 5.73 Å². The first-order valence-corrected chi connectivity index (χ1v) is 11.8. The van der Waals surface area contributed by atoms with Crippen LogP contribution in [-0.4, -0.2) is 15.9 Å². The number of carbonyl (C=O) groups excluding carboxylic acids is 1. The Morgan fingerprint density at radius 2 is 1.93 bits per heavy atom. The number of thiophene rings is 1. The molecule has 0 aliphatic heterocycles. The summed E-state index contributed by atoms with van der Waals surface area (Å²) in [4.78, 5) is 23.4. The molecule has 0 bridgehead atoms. The number of benzene rings is 1. The van der Waals surface area contributed by atoms with Crippen LogP contribution in [0, 0.1) is 6.92 Å². The number of nitrogens with one attached hydrogen (secondary N) is 1. The first-order valence-electron chi connectivity index (χ1n) is 10.1. The number of nitrogens with two attached hydrogens (primary N) is 1. The van der Waals surface area contributed by atoms with Crippen molar-refractivity contribution in [3.8, 4) is 11.1 Å². The first-order chi connectivity index (χ1) is 14.6. The van der Waals surface area contributed by atoms with Gasteiger partial charge in [0.2, 0.25) is 0 Å². The number of rotatable bonds is 3. The molecular weight excluding hydrogens is 412 g/mol. The Balaban J connectivity index is 1.72. The van der Waals surface area contributed by atoms with Crippen molar-refractivity contribution >= 4 is 49.6 Å². The monoisotopic (exact) mass is 434 g/mol. The summed E-state index contributed by atoms with van der Waals surface area (Å²) >= 11 is 2.76. The predicted octanol–water partition coefficient (Wildman–Crippen LogP) is 5.83. The van der Waals surface area contributed by atoms with E-state index in [2.05, 4.69) is 41.5 Å². The van der Waals surface area contributed by atoms with Crippen LogP contribution in [-0.2, 0) is 12.8 Å². The molecule has 3 heterocycles. The topological polar surface area (TPSA) is 80.9 Å². The maximum Gasteiger partial charge on any atom is 0.269 e. The third kappa shape index (κ3) is 3.38. The minimum atomic E-state index is -0.226. The average Bonchev–Trinajstić information content (AvgIpc) is 3.28. The summed E-state index contributed by atoms with van der Waals surface area (Å²) in [6.45, 7) is 2.09. The fourth-order valence-corrected chi connectivity index (χ4v) is 5.67. The summed E-state index contributed by atoms with van der Waals surface area (Å²) in [6, 6.07) is 8.57. The number of thiazole rings is 1. The molecule has 152 valence electrons. The molecule has 5 nitrogen and oxygen atoms in total. The zero-order valence-corrected chi connectivity index (χ0v) is 18.3. The molecule has 0 unspecified atom stereocenters. The third-order valence-electron chi connectivity index (χ3n) is 5.60. The van der Waals surface area contributed by atoms with Crippen molar-refractivity contribution < 1.29 is 4.79 Å². The second-order valence-corrected chi connectivity index (χ2v) is 9.55. The maximum atomic E-state index is 12.9. The van der Waals surface area contributed by atoms with Crippen LogP contribution >= 0.6 is 22.7 Å². The Bertz CT molecular complexity index is 1230. The molecule has 5 rings (SSSR count). The zero-order chi connectivity index (χ0) is 20.7. The van der Waals surface area contributed by atoms with Gasteiger partial charge in [-0.25, -0.2) is 9.97 Å². The lowest BCUT2D eigenvalue weighted by Gasteiger charge is -2.15. The van der Waals surface area contributed by atoms with E-state index in [1.165, 1.54) is 40.2 Å². The molecule has 30 heavy (non-hydrogen) atoms. The van der Waals surface area contributed by atoms with Gasteiger partial charge in [-0.1, -0.05) is 36.2 Å². The Morgan fingerprint density at radius 3 is 2.70 bits per heavy atom. The van der Waals surface area contributed by atoms with Crippen molar-refractivity contribution in [1.29, 1.82) is 0 Å². The van der Waals surface area contributed by atoms with E-state index >= 15 is 0 Å². The van der Waals surface area contributed by atoms with Gasteiger partial charge in [-0.2, -0.15) is 0 Å². The van der Waals surface area contributed by atoms with Gasteiger partial charge in [0.15, 0.2) is 5.13 Å². The number of aryl methyl sites for hydroxylation is 2. The molecular formula is C23H22N4OS2. The highest BCUT2D eigenvalue weighted by molar-refractivity contribution is 7.21. The molecule has 3 N–H and O–H groups in total. The largest absolute Gasteiger partial charge is 0.397 e. The highest BCUT2D eigenvalue weighted by atomic mass is 32.1. The number of nitrogens with zero attached hydrogens (tertiary/aromatic N) is 2. The molecule has 1 aliphatic rings. The number of carbonyl (C=O) groups is 1. The minimum absolute atomic E-state index is 0.226. The summed E-state index contributed by atoms with van der Waals surface area (Å²) < 4.78 is 0. The van der Waals surface area contributed by atoms with E-state index in [0.717, 1.165) is 52.7 Å². The number of nitrogen functional groups attached to an aromatic ring is 1. The molecule has 1 aromatic carbocycles. The lowest BCUT2D eigenvalue weighted by atomic mass is 9.92. The van der Waals surface area contributed by atoms with Crippen molar-refractivity contribution in [3.05, 3.63) is 57.5 Å². The van der Waals surface area contributed by atoms with E-state index < -0.39 is 0 Å². The van der Waals surface area contributed by atoms with Gasteiger partial charge in [0.1, 0.15) is 9.71 Å². The van der Waals surface area contributed by atoms with Crippen LogP contribution in [0.15, 0.2) is 35.8 Å². The Morgan fingerprint density at radius 1 is 1.13 bits per heavy atom. The third-order valence-corrected chi connectivity index (χ3v) is 7.39. The van der Waals surface area contributed by atoms with Crippen molar-refractivity contribution in [2.45, 2.75) is 39.0 Å². The summed E-state index contributed by atoms with van der Waals surface area (Å²) in [5, 5.41) is 6.17. The molecule has 0 fully saturated rings. The minimum Gasteiger partial charge on any atom is -0.397 e. The predicted molar refractivity (Wildman–Crippen MR) is 126 cm³/mol. The summed E-state index contributed by atoms with van der Waals surface area (Å²) in [5.74, 6) is -0.226. The molecule has 0 spiro atoms. The molecule has 0 atom stereocenters. The summed E-state index contributed by atoms with van der Waals surface area (Å²) in [5.41, 5.74) is 13.1. The van der Waals surface area contributed by atoms with Crippen LogP contribution < -0.4 is 11.1 Å². The fourth-order valence-electron chi connectivity index (χ4n) is 4.13. The molecule has 7 heteroatoms. The van der Waals surface area contributed by atoms with Gasteiger partial charge >= 0.3 is 0 Å². The number of fused-ring (bicyclic) bond motifs is 2. The van der Waals surface area contributed by atoms with Crippen molar-refractivity contribution in [2.24, 2.45) is 0 Å². The number of hydrogen-bond acceptors (Lipinski definition) is 6. The molecule has 3 aromatic heterocycles. The van der Waals surface area contributed by atoms with Gasteiger partial charge in [-0.15, -0.1) is 22.7 Å². The summed E-state index contributed by atoms with van der Waals surface area (Å²) in [6.07, 6.45) is 7.16. The number of pyridine rings is 1. The quantitative estimate of drug-likeness (QED) is 0.397.